The van der Waals surface area contributed by atoms with Gasteiger partial charge in [-0.15, -0.1) is 0 Å². The number of carbonyl (C=O) groups is 1. The first kappa shape index (κ1) is 17.3. The van der Waals surface area contributed by atoms with Crippen LogP contribution in [0.15, 0.2) is 53.6 Å². The monoisotopic (exact) mass is 327 g/mol. The average molecular weight is 327 g/mol. The van der Waals surface area contributed by atoms with E-state index in [0.29, 0.717) is 6.42 Å². The second kappa shape index (κ2) is 8.57. The van der Waals surface area contributed by atoms with Crippen LogP contribution in [0.1, 0.15) is 18.9 Å². The summed E-state index contributed by atoms with van der Waals surface area (Å²) in [6.45, 7) is 1.92. The molecule has 1 amide bonds. The zero-order valence-electron chi connectivity index (χ0n) is 13.7. The zero-order valence-corrected chi connectivity index (χ0v) is 13.7. The first-order chi connectivity index (χ1) is 11.6. The molecule has 2 rings (SSSR count). The molecule has 126 valence electrons. The zero-order chi connectivity index (χ0) is 17.4. The number of aromatic hydroxyl groups is 1. The Bertz CT molecular complexity index is 682. The van der Waals surface area contributed by atoms with Crippen molar-refractivity contribution in [3.63, 3.8) is 0 Å². The van der Waals surface area contributed by atoms with Crippen LogP contribution in [-0.4, -0.2) is 30.4 Å². The molecule has 0 unspecified atom stereocenters. The summed E-state index contributed by atoms with van der Waals surface area (Å²) in [5, 5.41) is 16.3. The van der Waals surface area contributed by atoms with E-state index in [1.807, 2.05) is 31.2 Å². The molecule has 0 saturated carbocycles. The van der Waals surface area contributed by atoms with E-state index in [2.05, 4.69) is 15.8 Å². The number of anilines is 1. The van der Waals surface area contributed by atoms with E-state index in [1.54, 1.807) is 31.4 Å². The number of phenolic OH excluding ortho intramolecular Hbond substituents is 1. The molecule has 0 aliphatic carbocycles. The maximum absolute atomic E-state index is 12.2. The first-order valence-corrected chi connectivity index (χ1v) is 7.65. The molecule has 0 saturated heterocycles. The number of phenols is 1. The van der Waals surface area contributed by atoms with Crippen LogP contribution in [0.2, 0.25) is 0 Å². The Balaban J connectivity index is 1.91. The van der Waals surface area contributed by atoms with Gasteiger partial charge in [-0.2, -0.15) is 5.10 Å². The molecule has 0 aliphatic rings. The maximum atomic E-state index is 12.2. The van der Waals surface area contributed by atoms with E-state index in [0.717, 1.165) is 17.0 Å². The molecule has 0 fully saturated rings. The van der Waals surface area contributed by atoms with Crippen LogP contribution in [0.4, 0.5) is 5.69 Å². The van der Waals surface area contributed by atoms with Gasteiger partial charge in [0.05, 0.1) is 13.3 Å². The van der Waals surface area contributed by atoms with Crippen molar-refractivity contribution in [1.29, 1.82) is 0 Å². The number of hydrogen-bond acceptors (Lipinski definition) is 5. The van der Waals surface area contributed by atoms with E-state index < -0.39 is 6.04 Å². The number of amides is 1. The van der Waals surface area contributed by atoms with Crippen LogP contribution in [0.3, 0.4) is 0 Å². The van der Waals surface area contributed by atoms with E-state index in [-0.39, 0.29) is 11.7 Å². The molecule has 0 bridgehead atoms. The lowest BCUT2D eigenvalue weighted by Gasteiger charge is -2.16. The van der Waals surface area contributed by atoms with Crippen molar-refractivity contribution in [3.8, 4) is 11.5 Å². The summed E-state index contributed by atoms with van der Waals surface area (Å²) in [7, 11) is 1.61. The molecule has 0 heterocycles. The van der Waals surface area contributed by atoms with Crippen molar-refractivity contribution in [2.24, 2.45) is 5.10 Å². The lowest BCUT2D eigenvalue weighted by molar-refractivity contribution is -0.121. The minimum atomic E-state index is -0.393. The predicted molar refractivity (Wildman–Crippen MR) is 94.5 cm³/mol. The number of hydrazone groups is 1. The van der Waals surface area contributed by atoms with Gasteiger partial charge in [0.25, 0.3) is 5.91 Å². The second-order valence-corrected chi connectivity index (χ2v) is 5.16. The molecule has 2 aromatic rings. The Morgan fingerprint density at radius 3 is 2.46 bits per heavy atom. The number of nitrogens with one attached hydrogen (secondary N) is 2. The lowest BCUT2D eigenvalue weighted by Crippen LogP contribution is -2.36. The first-order valence-electron chi connectivity index (χ1n) is 7.65. The van der Waals surface area contributed by atoms with Gasteiger partial charge in [-0.1, -0.05) is 6.92 Å². The van der Waals surface area contributed by atoms with Crippen LogP contribution >= 0.6 is 0 Å². The standard InChI is InChI=1S/C18H21N3O3/c1-3-17(20-14-6-10-16(24-2)11-7-14)18(23)21-19-12-13-4-8-15(22)9-5-13/h4-12,17,20,22H,3H2,1-2H3,(H,21,23)/b19-12-/t17-/m0/s1. The summed E-state index contributed by atoms with van der Waals surface area (Å²) >= 11 is 0. The quantitative estimate of drug-likeness (QED) is 0.539. The SMILES string of the molecule is CC[C@H](Nc1ccc(OC)cc1)C(=O)N/N=C\c1ccc(O)cc1. The summed E-state index contributed by atoms with van der Waals surface area (Å²) < 4.78 is 5.11. The van der Waals surface area contributed by atoms with Crippen molar-refractivity contribution in [1.82, 2.24) is 5.43 Å². The topological polar surface area (TPSA) is 83.0 Å². The van der Waals surface area contributed by atoms with Crippen molar-refractivity contribution in [2.75, 3.05) is 12.4 Å². The largest absolute Gasteiger partial charge is 0.508 e. The normalized spacial score (nSPS) is 11.9. The molecule has 0 aliphatic heterocycles. The molecular weight excluding hydrogens is 306 g/mol. The highest BCUT2D eigenvalue weighted by Crippen LogP contribution is 2.16. The molecule has 24 heavy (non-hydrogen) atoms. The number of nitrogens with zero attached hydrogens (tertiary/aromatic N) is 1. The van der Waals surface area contributed by atoms with Crippen LogP contribution in [0.25, 0.3) is 0 Å². The summed E-state index contributed by atoms with van der Waals surface area (Å²) in [5.74, 6) is 0.728. The van der Waals surface area contributed by atoms with Crippen LogP contribution in [0, 0.1) is 0 Å². The molecule has 1 atom stereocenters. The number of rotatable bonds is 7. The van der Waals surface area contributed by atoms with Crippen molar-refractivity contribution in [2.45, 2.75) is 19.4 Å². The van der Waals surface area contributed by atoms with Gasteiger partial charge in [0.2, 0.25) is 0 Å². The molecule has 0 aromatic heterocycles. The fraction of sp³-hybridized carbons (Fsp3) is 0.222. The van der Waals surface area contributed by atoms with Gasteiger partial charge in [-0.25, -0.2) is 5.43 Å². The van der Waals surface area contributed by atoms with Gasteiger partial charge in [0.1, 0.15) is 17.5 Å². The van der Waals surface area contributed by atoms with Crippen molar-refractivity contribution >= 4 is 17.8 Å². The third-order valence-corrected chi connectivity index (χ3v) is 3.44. The fourth-order valence-corrected chi connectivity index (χ4v) is 2.05. The fourth-order valence-electron chi connectivity index (χ4n) is 2.05. The smallest absolute Gasteiger partial charge is 0.262 e. The van der Waals surface area contributed by atoms with Crippen LogP contribution in [0.5, 0.6) is 11.5 Å². The Hall–Kier alpha value is -3.02. The number of methoxy groups -OCH3 is 1. The summed E-state index contributed by atoms with van der Waals surface area (Å²) in [6, 6.07) is 13.5. The average Bonchev–Trinajstić information content (AvgIpc) is 2.61. The van der Waals surface area contributed by atoms with Gasteiger partial charge < -0.3 is 15.2 Å². The highest BCUT2D eigenvalue weighted by molar-refractivity contribution is 5.86. The molecule has 0 radical (unpaired) electrons. The van der Waals surface area contributed by atoms with Crippen molar-refractivity contribution in [3.05, 3.63) is 54.1 Å². The molecular formula is C18H21N3O3. The molecule has 6 nitrogen and oxygen atoms in total. The minimum Gasteiger partial charge on any atom is -0.508 e. The third kappa shape index (κ3) is 5.01. The van der Waals surface area contributed by atoms with E-state index in [4.69, 9.17) is 4.74 Å². The maximum Gasteiger partial charge on any atom is 0.262 e. The van der Waals surface area contributed by atoms with Gasteiger partial charge in [0.15, 0.2) is 0 Å². The van der Waals surface area contributed by atoms with E-state index in [9.17, 15) is 9.90 Å². The van der Waals surface area contributed by atoms with Gasteiger partial charge in [-0.3, -0.25) is 4.79 Å². The Labute approximate surface area is 141 Å². The van der Waals surface area contributed by atoms with E-state index in [1.165, 1.54) is 6.21 Å². The molecule has 0 spiro atoms. The highest BCUT2D eigenvalue weighted by Gasteiger charge is 2.15. The van der Waals surface area contributed by atoms with Crippen LogP contribution in [-0.2, 0) is 4.79 Å². The van der Waals surface area contributed by atoms with Crippen LogP contribution < -0.4 is 15.5 Å². The molecule has 2 aromatic carbocycles. The number of ether oxygens (including phenoxy) is 1. The number of benzene rings is 2. The minimum absolute atomic E-state index is 0.186. The summed E-state index contributed by atoms with van der Waals surface area (Å²) in [4.78, 5) is 12.2. The third-order valence-electron chi connectivity index (χ3n) is 3.44. The Morgan fingerprint density at radius 1 is 1.21 bits per heavy atom. The summed E-state index contributed by atoms with van der Waals surface area (Å²) in [5.41, 5.74) is 4.14. The Morgan fingerprint density at radius 2 is 1.88 bits per heavy atom. The van der Waals surface area contributed by atoms with Crippen molar-refractivity contribution < 1.29 is 14.6 Å². The number of hydrogen-bond donors (Lipinski definition) is 3. The second-order valence-electron chi connectivity index (χ2n) is 5.16. The Kier molecular flexibility index (Phi) is 6.19. The molecule has 6 heteroatoms. The predicted octanol–water partition coefficient (Wildman–Crippen LogP) is 2.74. The van der Waals surface area contributed by atoms with Gasteiger partial charge in [0, 0.05) is 5.69 Å². The lowest BCUT2D eigenvalue weighted by atomic mass is 10.2. The summed E-state index contributed by atoms with van der Waals surface area (Å²) in [6.07, 6.45) is 2.14. The van der Waals surface area contributed by atoms with Gasteiger partial charge in [-0.05, 0) is 60.5 Å². The number of carbonyl (C=O) groups excluding carboxylic acids is 1. The van der Waals surface area contributed by atoms with E-state index >= 15 is 0 Å². The van der Waals surface area contributed by atoms with Gasteiger partial charge >= 0.3 is 0 Å². The molecule has 3 N–H and O–H groups in total. The highest BCUT2D eigenvalue weighted by atomic mass is 16.5.